The normalized spacial score (nSPS) is 20.6. The van der Waals surface area contributed by atoms with E-state index in [0.29, 0.717) is 6.42 Å². The van der Waals surface area contributed by atoms with Crippen LogP contribution >= 0.6 is 11.6 Å². The average molecular weight is 216 g/mol. The maximum Gasteiger partial charge on any atom is 0.142 e. The van der Waals surface area contributed by atoms with E-state index in [9.17, 15) is 4.39 Å². The van der Waals surface area contributed by atoms with Gasteiger partial charge in [0.15, 0.2) is 0 Å². The molecule has 1 heterocycles. The molecule has 1 unspecified atom stereocenters. The van der Waals surface area contributed by atoms with E-state index in [1.165, 1.54) is 6.07 Å². The molecule has 2 rings (SSSR count). The topological polar surface area (TPSA) is 32.3 Å². The summed E-state index contributed by atoms with van der Waals surface area (Å²) in [5.41, 5.74) is 1.73. The zero-order chi connectivity index (χ0) is 10.1. The quantitative estimate of drug-likeness (QED) is 0.747. The zero-order valence-electron chi connectivity index (χ0n) is 7.56. The lowest BCUT2D eigenvalue weighted by Crippen LogP contribution is -2.32. The molecule has 1 aromatic rings. The standard InChI is InChI=1S/C10H11ClFNO/c11-10-7-3-4-13-9(5-14)6(7)1-2-8(10)12/h1-2,9,13-14H,3-5H2. The van der Waals surface area contributed by atoms with Crippen LogP contribution in [-0.2, 0) is 6.42 Å². The van der Waals surface area contributed by atoms with Gasteiger partial charge in [0.05, 0.1) is 17.7 Å². The van der Waals surface area contributed by atoms with Crippen LogP contribution in [0.1, 0.15) is 17.2 Å². The van der Waals surface area contributed by atoms with Gasteiger partial charge in [0.1, 0.15) is 5.82 Å². The Labute approximate surface area is 86.7 Å². The molecule has 2 N–H and O–H groups in total. The molecule has 2 nitrogen and oxygen atoms in total. The number of benzene rings is 1. The van der Waals surface area contributed by atoms with E-state index in [1.54, 1.807) is 6.07 Å². The molecule has 0 bridgehead atoms. The van der Waals surface area contributed by atoms with Crippen LogP contribution in [0.3, 0.4) is 0 Å². The van der Waals surface area contributed by atoms with Crippen LogP contribution in [-0.4, -0.2) is 18.3 Å². The van der Waals surface area contributed by atoms with Gasteiger partial charge in [0, 0.05) is 0 Å². The summed E-state index contributed by atoms with van der Waals surface area (Å²) >= 11 is 5.85. The first-order valence-corrected chi connectivity index (χ1v) is 4.93. The van der Waals surface area contributed by atoms with Crippen LogP contribution in [0, 0.1) is 5.82 Å². The summed E-state index contributed by atoms with van der Waals surface area (Å²) in [4.78, 5) is 0. The Morgan fingerprint density at radius 1 is 1.57 bits per heavy atom. The van der Waals surface area contributed by atoms with Crippen LogP contribution < -0.4 is 5.32 Å². The van der Waals surface area contributed by atoms with Gasteiger partial charge in [-0.3, -0.25) is 0 Å². The Morgan fingerprint density at radius 2 is 2.36 bits per heavy atom. The van der Waals surface area contributed by atoms with Gasteiger partial charge in [-0.2, -0.15) is 0 Å². The van der Waals surface area contributed by atoms with Gasteiger partial charge in [-0.1, -0.05) is 17.7 Å². The molecule has 1 aliphatic heterocycles. The maximum absolute atomic E-state index is 13.1. The second kappa shape index (κ2) is 3.85. The summed E-state index contributed by atoms with van der Waals surface area (Å²) in [5.74, 6) is -0.385. The van der Waals surface area contributed by atoms with E-state index >= 15 is 0 Å². The number of rotatable bonds is 1. The van der Waals surface area contributed by atoms with E-state index in [0.717, 1.165) is 17.7 Å². The number of fused-ring (bicyclic) bond motifs is 1. The third-order valence-electron chi connectivity index (χ3n) is 2.56. The molecule has 0 saturated heterocycles. The average Bonchev–Trinajstić information content (AvgIpc) is 2.23. The Morgan fingerprint density at radius 3 is 3.07 bits per heavy atom. The highest BCUT2D eigenvalue weighted by Gasteiger charge is 2.22. The molecule has 0 amide bonds. The fourth-order valence-corrected chi connectivity index (χ4v) is 2.10. The highest BCUT2D eigenvalue weighted by molar-refractivity contribution is 6.31. The first-order valence-electron chi connectivity index (χ1n) is 4.55. The van der Waals surface area contributed by atoms with Crippen LogP contribution in [0.2, 0.25) is 5.02 Å². The minimum absolute atomic E-state index is 0.00889. The largest absolute Gasteiger partial charge is 0.394 e. The van der Waals surface area contributed by atoms with E-state index in [-0.39, 0.29) is 23.5 Å². The molecule has 0 fully saturated rings. The maximum atomic E-state index is 13.1. The van der Waals surface area contributed by atoms with E-state index < -0.39 is 0 Å². The van der Waals surface area contributed by atoms with E-state index in [2.05, 4.69) is 5.32 Å². The van der Waals surface area contributed by atoms with Crippen molar-refractivity contribution >= 4 is 11.6 Å². The fourth-order valence-electron chi connectivity index (χ4n) is 1.83. The highest BCUT2D eigenvalue weighted by atomic mass is 35.5. The second-order valence-electron chi connectivity index (χ2n) is 3.37. The van der Waals surface area contributed by atoms with Crippen LogP contribution in [0.25, 0.3) is 0 Å². The zero-order valence-corrected chi connectivity index (χ0v) is 8.31. The van der Waals surface area contributed by atoms with Crippen LogP contribution in [0.5, 0.6) is 0 Å². The van der Waals surface area contributed by atoms with E-state index in [1.807, 2.05) is 0 Å². The molecule has 1 aromatic carbocycles. The molecule has 0 spiro atoms. The highest BCUT2D eigenvalue weighted by Crippen LogP contribution is 2.30. The Bertz CT molecular complexity index is 356. The Hall–Kier alpha value is -0.640. The fraction of sp³-hybridized carbons (Fsp3) is 0.400. The third kappa shape index (κ3) is 1.52. The number of nitrogens with one attached hydrogen (secondary N) is 1. The van der Waals surface area contributed by atoms with Crippen molar-refractivity contribution in [2.24, 2.45) is 0 Å². The van der Waals surface area contributed by atoms with Gasteiger partial charge in [0.25, 0.3) is 0 Å². The molecule has 0 radical (unpaired) electrons. The van der Waals surface area contributed by atoms with Crippen molar-refractivity contribution in [3.63, 3.8) is 0 Å². The number of hydrogen-bond acceptors (Lipinski definition) is 2. The summed E-state index contributed by atoms with van der Waals surface area (Å²) in [5, 5.41) is 12.4. The summed E-state index contributed by atoms with van der Waals surface area (Å²) < 4.78 is 13.1. The molecular formula is C10H11ClFNO. The summed E-state index contributed by atoms with van der Waals surface area (Å²) in [6.07, 6.45) is 0.711. The molecule has 1 aliphatic rings. The lowest BCUT2D eigenvalue weighted by Gasteiger charge is -2.26. The van der Waals surface area contributed by atoms with Crippen molar-refractivity contribution in [1.82, 2.24) is 5.32 Å². The molecular weight excluding hydrogens is 205 g/mol. The molecule has 0 saturated carbocycles. The predicted molar refractivity (Wildman–Crippen MR) is 52.9 cm³/mol. The summed E-state index contributed by atoms with van der Waals surface area (Å²) in [7, 11) is 0. The van der Waals surface area contributed by atoms with E-state index in [4.69, 9.17) is 16.7 Å². The number of aliphatic hydroxyl groups excluding tert-OH is 1. The van der Waals surface area contributed by atoms with Gasteiger partial charge in [-0.05, 0) is 30.2 Å². The lowest BCUT2D eigenvalue weighted by molar-refractivity contribution is 0.240. The lowest BCUT2D eigenvalue weighted by atomic mass is 9.94. The first-order chi connectivity index (χ1) is 6.74. The smallest absolute Gasteiger partial charge is 0.142 e. The van der Waals surface area contributed by atoms with Crippen LogP contribution in [0.4, 0.5) is 4.39 Å². The Balaban J connectivity index is 2.50. The van der Waals surface area contributed by atoms with Crippen molar-refractivity contribution in [2.45, 2.75) is 12.5 Å². The summed E-state index contributed by atoms with van der Waals surface area (Å²) in [6, 6.07) is 2.91. The third-order valence-corrected chi connectivity index (χ3v) is 2.96. The minimum Gasteiger partial charge on any atom is -0.394 e. The first kappa shape index (κ1) is 9.90. The van der Waals surface area contributed by atoms with Gasteiger partial charge in [-0.15, -0.1) is 0 Å². The Kier molecular flexibility index (Phi) is 2.72. The van der Waals surface area contributed by atoms with Gasteiger partial charge in [0.2, 0.25) is 0 Å². The predicted octanol–water partition coefficient (Wildman–Crippen LogP) is 1.66. The molecule has 1 atom stereocenters. The molecule has 76 valence electrons. The molecule has 14 heavy (non-hydrogen) atoms. The van der Waals surface area contributed by atoms with Crippen molar-refractivity contribution in [3.05, 3.63) is 34.1 Å². The van der Waals surface area contributed by atoms with Crippen molar-refractivity contribution < 1.29 is 9.50 Å². The molecule has 0 aromatic heterocycles. The minimum atomic E-state index is -0.385. The van der Waals surface area contributed by atoms with Gasteiger partial charge in [-0.25, -0.2) is 4.39 Å². The number of hydrogen-bond donors (Lipinski definition) is 2. The molecule has 0 aliphatic carbocycles. The van der Waals surface area contributed by atoms with Gasteiger partial charge < -0.3 is 10.4 Å². The monoisotopic (exact) mass is 215 g/mol. The number of halogens is 2. The SMILES string of the molecule is OCC1NCCc2c1ccc(F)c2Cl. The number of aliphatic hydroxyl groups is 1. The van der Waals surface area contributed by atoms with Gasteiger partial charge >= 0.3 is 0 Å². The van der Waals surface area contributed by atoms with Crippen molar-refractivity contribution in [3.8, 4) is 0 Å². The molecule has 4 heteroatoms. The van der Waals surface area contributed by atoms with Crippen LogP contribution in [0.15, 0.2) is 12.1 Å². The van der Waals surface area contributed by atoms with Crippen molar-refractivity contribution in [1.29, 1.82) is 0 Å². The summed E-state index contributed by atoms with van der Waals surface area (Å²) in [6.45, 7) is 0.733. The second-order valence-corrected chi connectivity index (χ2v) is 3.75. The van der Waals surface area contributed by atoms with Crippen molar-refractivity contribution in [2.75, 3.05) is 13.2 Å².